The van der Waals surface area contributed by atoms with Crippen LogP contribution in [0, 0.1) is 11.8 Å². The van der Waals surface area contributed by atoms with Gasteiger partial charge >= 0.3 is 0 Å². The molecule has 0 aliphatic heterocycles. The molecule has 21 heavy (non-hydrogen) atoms. The number of hydrogen-bond donors (Lipinski definition) is 2. The quantitative estimate of drug-likeness (QED) is 0.831. The van der Waals surface area contributed by atoms with Gasteiger partial charge in [-0.25, -0.2) is 4.98 Å². The van der Waals surface area contributed by atoms with Crippen molar-refractivity contribution in [2.45, 2.75) is 45.6 Å². The molecule has 0 bridgehead atoms. The monoisotopic (exact) mass is 287 g/mol. The topological polar surface area (TPSA) is 64.1 Å². The number of aliphatic hydroxyl groups is 1. The smallest absolute Gasteiger partial charge is 0.109 e. The first kappa shape index (κ1) is 14.4. The lowest BCUT2D eigenvalue weighted by Gasteiger charge is -2.20. The summed E-state index contributed by atoms with van der Waals surface area (Å²) in [7, 11) is 0. The summed E-state index contributed by atoms with van der Waals surface area (Å²) in [5.74, 6) is 2.17. The van der Waals surface area contributed by atoms with Crippen LogP contribution in [-0.2, 0) is 13.0 Å². The molecule has 1 aliphatic rings. The maximum absolute atomic E-state index is 9.55. The Hall–Kier alpha value is -1.55. The summed E-state index contributed by atoms with van der Waals surface area (Å²) in [5.41, 5.74) is 8.82. The molecule has 3 N–H and O–H groups in total. The largest absolute Gasteiger partial charge is 0.399 e. The third-order valence-corrected chi connectivity index (χ3v) is 4.79. The molecule has 1 fully saturated rings. The summed E-state index contributed by atoms with van der Waals surface area (Å²) in [4.78, 5) is 4.78. The summed E-state index contributed by atoms with van der Waals surface area (Å²) in [6.45, 7) is 3.47. The van der Waals surface area contributed by atoms with E-state index in [9.17, 15) is 5.11 Å². The number of nitrogens with two attached hydrogens (primary N) is 1. The second kappa shape index (κ2) is 6.06. The van der Waals surface area contributed by atoms with Gasteiger partial charge in [0, 0.05) is 25.3 Å². The van der Waals surface area contributed by atoms with Crippen molar-refractivity contribution in [1.82, 2.24) is 9.55 Å². The molecule has 2 unspecified atom stereocenters. The standard InChI is InChI=1S/C17H25N3O/c1-2-4-17-19-15-9-14(18)7-8-16(15)20(17)10-12-5-3-6-13(12)11-21/h7-9,12-13,21H,2-6,10-11,18H2,1H3. The van der Waals surface area contributed by atoms with Crippen LogP contribution in [-0.4, -0.2) is 21.3 Å². The van der Waals surface area contributed by atoms with E-state index in [4.69, 9.17) is 10.7 Å². The molecule has 1 saturated carbocycles. The van der Waals surface area contributed by atoms with Gasteiger partial charge in [-0.15, -0.1) is 0 Å². The van der Waals surface area contributed by atoms with E-state index in [0.717, 1.165) is 42.8 Å². The lowest BCUT2D eigenvalue weighted by molar-refractivity contribution is 0.185. The minimum absolute atomic E-state index is 0.313. The van der Waals surface area contributed by atoms with Crippen molar-refractivity contribution in [2.75, 3.05) is 12.3 Å². The van der Waals surface area contributed by atoms with Crippen LogP contribution in [0.3, 0.4) is 0 Å². The Morgan fingerprint density at radius 3 is 2.90 bits per heavy atom. The van der Waals surface area contributed by atoms with Gasteiger partial charge in [0.2, 0.25) is 0 Å². The molecule has 0 saturated heterocycles. The number of nitrogens with zero attached hydrogens (tertiary/aromatic N) is 2. The number of benzene rings is 1. The van der Waals surface area contributed by atoms with Crippen LogP contribution in [0.4, 0.5) is 5.69 Å². The van der Waals surface area contributed by atoms with Gasteiger partial charge in [0.1, 0.15) is 5.82 Å². The van der Waals surface area contributed by atoms with Crippen molar-refractivity contribution in [3.63, 3.8) is 0 Å². The number of rotatable bonds is 5. The van der Waals surface area contributed by atoms with Gasteiger partial charge in [-0.3, -0.25) is 0 Å². The highest BCUT2D eigenvalue weighted by Crippen LogP contribution is 2.34. The maximum atomic E-state index is 9.55. The van der Waals surface area contributed by atoms with E-state index in [1.54, 1.807) is 0 Å². The Balaban J connectivity index is 1.96. The molecule has 1 heterocycles. The second-order valence-corrected chi connectivity index (χ2v) is 6.27. The van der Waals surface area contributed by atoms with Crippen molar-refractivity contribution < 1.29 is 5.11 Å². The Bertz CT molecular complexity index is 620. The van der Waals surface area contributed by atoms with Gasteiger partial charge in [0.25, 0.3) is 0 Å². The van der Waals surface area contributed by atoms with Crippen LogP contribution in [0.25, 0.3) is 11.0 Å². The van der Waals surface area contributed by atoms with E-state index in [0.29, 0.717) is 18.4 Å². The van der Waals surface area contributed by atoms with Crippen LogP contribution < -0.4 is 5.73 Å². The van der Waals surface area contributed by atoms with Gasteiger partial charge in [-0.1, -0.05) is 13.3 Å². The first-order valence-electron chi connectivity index (χ1n) is 8.08. The van der Waals surface area contributed by atoms with E-state index < -0.39 is 0 Å². The highest BCUT2D eigenvalue weighted by atomic mass is 16.3. The summed E-state index contributed by atoms with van der Waals surface area (Å²) < 4.78 is 2.36. The van der Waals surface area contributed by atoms with E-state index in [1.165, 1.54) is 18.4 Å². The number of aliphatic hydroxyl groups excluding tert-OH is 1. The Kier molecular flexibility index (Phi) is 4.15. The van der Waals surface area contributed by atoms with E-state index in [1.807, 2.05) is 12.1 Å². The Labute approximate surface area is 126 Å². The number of aryl methyl sites for hydroxylation is 1. The van der Waals surface area contributed by atoms with Gasteiger partial charge < -0.3 is 15.4 Å². The predicted molar refractivity (Wildman–Crippen MR) is 86.1 cm³/mol. The van der Waals surface area contributed by atoms with Crippen LogP contribution in [0.1, 0.15) is 38.4 Å². The summed E-state index contributed by atoms with van der Waals surface area (Å²) in [6, 6.07) is 6.00. The molecule has 0 amide bonds. The minimum atomic E-state index is 0.313. The molecule has 4 heteroatoms. The van der Waals surface area contributed by atoms with Crippen molar-refractivity contribution in [3.05, 3.63) is 24.0 Å². The number of hydrogen-bond acceptors (Lipinski definition) is 3. The normalized spacial score (nSPS) is 22.2. The van der Waals surface area contributed by atoms with Crippen molar-refractivity contribution in [2.24, 2.45) is 11.8 Å². The van der Waals surface area contributed by atoms with E-state index in [2.05, 4.69) is 17.6 Å². The molecule has 114 valence electrons. The fourth-order valence-electron chi connectivity index (χ4n) is 3.64. The molecule has 3 rings (SSSR count). The molecule has 0 spiro atoms. The van der Waals surface area contributed by atoms with Crippen LogP contribution in [0.2, 0.25) is 0 Å². The Morgan fingerprint density at radius 1 is 1.33 bits per heavy atom. The number of nitrogen functional groups attached to an aromatic ring is 1. The van der Waals surface area contributed by atoms with Crippen LogP contribution in [0.5, 0.6) is 0 Å². The van der Waals surface area contributed by atoms with Gasteiger partial charge in [0.15, 0.2) is 0 Å². The number of anilines is 1. The first-order chi connectivity index (χ1) is 10.2. The molecular weight excluding hydrogens is 262 g/mol. The fourth-order valence-corrected chi connectivity index (χ4v) is 3.64. The third-order valence-electron chi connectivity index (χ3n) is 4.79. The number of fused-ring (bicyclic) bond motifs is 1. The molecule has 2 aromatic rings. The predicted octanol–water partition coefficient (Wildman–Crippen LogP) is 2.98. The minimum Gasteiger partial charge on any atom is -0.399 e. The molecular formula is C17H25N3O. The maximum Gasteiger partial charge on any atom is 0.109 e. The van der Waals surface area contributed by atoms with Gasteiger partial charge in [0.05, 0.1) is 11.0 Å². The highest BCUT2D eigenvalue weighted by Gasteiger charge is 2.28. The van der Waals surface area contributed by atoms with Crippen LogP contribution in [0.15, 0.2) is 18.2 Å². The zero-order valence-corrected chi connectivity index (χ0v) is 12.8. The number of aromatic nitrogens is 2. The average Bonchev–Trinajstić information content (AvgIpc) is 3.04. The van der Waals surface area contributed by atoms with Gasteiger partial charge in [-0.05, 0) is 49.3 Å². The molecule has 2 atom stereocenters. The zero-order valence-electron chi connectivity index (χ0n) is 12.8. The van der Waals surface area contributed by atoms with Crippen molar-refractivity contribution in [1.29, 1.82) is 0 Å². The number of imidazole rings is 1. The van der Waals surface area contributed by atoms with E-state index >= 15 is 0 Å². The Morgan fingerprint density at radius 2 is 2.14 bits per heavy atom. The second-order valence-electron chi connectivity index (χ2n) is 6.27. The lowest BCUT2D eigenvalue weighted by atomic mass is 9.96. The van der Waals surface area contributed by atoms with Gasteiger partial charge in [-0.2, -0.15) is 0 Å². The molecule has 1 aliphatic carbocycles. The SMILES string of the molecule is CCCc1nc2cc(N)ccc2n1CC1CCCC1CO. The van der Waals surface area contributed by atoms with Crippen molar-refractivity contribution >= 4 is 16.7 Å². The first-order valence-corrected chi connectivity index (χ1v) is 8.08. The van der Waals surface area contributed by atoms with Crippen LogP contribution >= 0.6 is 0 Å². The zero-order chi connectivity index (χ0) is 14.8. The molecule has 1 aromatic heterocycles. The highest BCUT2D eigenvalue weighted by molar-refractivity contribution is 5.79. The third kappa shape index (κ3) is 2.77. The fraction of sp³-hybridized carbons (Fsp3) is 0.588. The average molecular weight is 287 g/mol. The molecule has 1 aromatic carbocycles. The summed E-state index contributed by atoms with van der Waals surface area (Å²) in [6.07, 6.45) is 5.69. The van der Waals surface area contributed by atoms with Crippen molar-refractivity contribution in [3.8, 4) is 0 Å². The lowest BCUT2D eigenvalue weighted by Crippen LogP contribution is -2.19. The van der Waals surface area contributed by atoms with E-state index in [-0.39, 0.29) is 0 Å². The molecule has 4 nitrogen and oxygen atoms in total. The summed E-state index contributed by atoms with van der Waals surface area (Å²) in [5, 5.41) is 9.55. The summed E-state index contributed by atoms with van der Waals surface area (Å²) >= 11 is 0. The molecule has 0 radical (unpaired) electrons.